The van der Waals surface area contributed by atoms with E-state index >= 15 is 0 Å². The van der Waals surface area contributed by atoms with E-state index in [-0.39, 0.29) is 5.54 Å². The average molecular weight is 272 g/mol. The minimum atomic E-state index is 0.0994. The molecule has 2 atom stereocenters. The molecule has 2 nitrogen and oxygen atoms in total. The maximum absolute atomic E-state index is 3.83. The lowest BCUT2D eigenvalue weighted by molar-refractivity contribution is -0.00323. The van der Waals surface area contributed by atoms with Gasteiger partial charge in [-0.25, -0.2) is 0 Å². The molecule has 1 saturated carbocycles. The van der Waals surface area contributed by atoms with Gasteiger partial charge in [0.25, 0.3) is 0 Å². The molecule has 3 rings (SSSR count). The van der Waals surface area contributed by atoms with E-state index in [2.05, 4.69) is 61.3 Å². The van der Waals surface area contributed by atoms with Gasteiger partial charge in [-0.15, -0.1) is 0 Å². The molecule has 0 bridgehead atoms. The van der Waals surface area contributed by atoms with Gasteiger partial charge < -0.3 is 5.32 Å². The van der Waals surface area contributed by atoms with Crippen LogP contribution in [0.2, 0.25) is 0 Å². The molecule has 2 unspecified atom stereocenters. The van der Waals surface area contributed by atoms with Crippen molar-refractivity contribution in [3.63, 3.8) is 0 Å². The summed E-state index contributed by atoms with van der Waals surface area (Å²) in [5, 5.41) is 3.83. The van der Waals surface area contributed by atoms with Gasteiger partial charge in [-0.3, -0.25) is 4.90 Å². The molecule has 2 heteroatoms. The number of piperazine rings is 1. The van der Waals surface area contributed by atoms with Gasteiger partial charge in [0, 0.05) is 25.2 Å². The Kier molecular flexibility index (Phi) is 3.87. The molecule has 110 valence electrons. The molecule has 1 aliphatic carbocycles. The summed E-state index contributed by atoms with van der Waals surface area (Å²) in [6.07, 6.45) is 4.21. The molecule has 0 radical (unpaired) electrons. The third kappa shape index (κ3) is 2.51. The predicted molar refractivity (Wildman–Crippen MR) is 84.8 cm³/mol. The van der Waals surface area contributed by atoms with E-state index in [1.807, 2.05) is 0 Å². The number of hydrogen-bond acceptors (Lipinski definition) is 2. The van der Waals surface area contributed by atoms with Gasteiger partial charge in [-0.05, 0) is 31.2 Å². The first-order valence-electron chi connectivity index (χ1n) is 8.16. The molecule has 0 amide bonds. The smallest absolute Gasteiger partial charge is 0.0535 e. The normalized spacial score (nSPS) is 32.3. The minimum absolute atomic E-state index is 0.0994. The Morgan fingerprint density at radius 1 is 1.20 bits per heavy atom. The number of rotatable bonds is 3. The van der Waals surface area contributed by atoms with Crippen LogP contribution in [-0.4, -0.2) is 30.1 Å². The summed E-state index contributed by atoms with van der Waals surface area (Å²) in [6.45, 7) is 9.35. The topological polar surface area (TPSA) is 15.3 Å². The zero-order valence-corrected chi connectivity index (χ0v) is 13.1. The van der Waals surface area contributed by atoms with Gasteiger partial charge in [0.05, 0.1) is 5.54 Å². The number of nitrogens with one attached hydrogen (secondary N) is 1. The molecular weight excluding hydrogens is 244 g/mol. The van der Waals surface area contributed by atoms with Crippen molar-refractivity contribution in [3.8, 4) is 0 Å². The van der Waals surface area contributed by atoms with Crippen LogP contribution in [-0.2, 0) is 5.54 Å². The lowest BCUT2D eigenvalue weighted by Crippen LogP contribution is -2.65. The molecule has 1 saturated heterocycles. The third-order valence-electron chi connectivity index (χ3n) is 5.35. The molecule has 1 heterocycles. The summed E-state index contributed by atoms with van der Waals surface area (Å²) < 4.78 is 0. The number of nitrogens with zero attached hydrogens (tertiary/aromatic N) is 1. The van der Waals surface area contributed by atoms with E-state index in [4.69, 9.17) is 0 Å². The maximum Gasteiger partial charge on any atom is 0.0535 e. The van der Waals surface area contributed by atoms with Crippen LogP contribution in [0.5, 0.6) is 0 Å². The van der Waals surface area contributed by atoms with Crippen LogP contribution in [0, 0.1) is 5.92 Å². The van der Waals surface area contributed by atoms with Crippen molar-refractivity contribution < 1.29 is 0 Å². The Balaban J connectivity index is 1.82. The summed E-state index contributed by atoms with van der Waals surface area (Å²) in [7, 11) is 0. The third-order valence-corrected chi connectivity index (χ3v) is 5.35. The van der Waals surface area contributed by atoms with Crippen LogP contribution in [0.4, 0.5) is 0 Å². The fourth-order valence-corrected chi connectivity index (χ4v) is 3.72. The van der Waals surface area contributed by atoms with Crippen molar-refractivity contribution in [2.75, 3.05) is 13.1 Å². The fraction of sp³-hybridized carbons (Fsp3) is 0.667. The van der Waals surface area contributed by atoms with Gasteiger partial charge in [-0.2, -0.15) is 0 Å². The monoisotopic (exact) mass is 272 g/mol. The minimum Gasteiger partial charge on any atom is -0.305 e. The Morgan fingerprint density at radius 3 is 2.45 bits per heavy atom. The van der Waals surface area contributed by atoms with Crippen molar-refractivity contribution in [2.24, 2.45) is 5.92 Å². The largest absolute Gasteiger partial charge is 0.305 e. The van der Waals surface area contributed by atoms with Crippen molar-refractivity contribution in [1.29, 1.82) is 0 Å². The first-order chi connectivity index (χ1) is 9.60. The molecule has 1 aromatic rings. The van der Waals surface area contributed by atoms with Gasteiger partial charge in [0.2, 0.25) is 0 Å². The molecule has 0 spiro atoms. The van der Waals surface area contributed by atoms with Crippen molar-refractivity contribution in [3.05, 3.63) is 35.9 Å². The number of benzene rings is 1. The lowest BCUT2D eigenvalue weighted by Gasteiger charge is -2.53. The molecular formula is C18H28N2. The van der Waals surface area contributed by atoms with E-state index in [0.29, 0.717) is 6.04 Å². The molecule has 0 aromatic heterocycles. The quantitative estimate of drug-likeness (QED) is 0.907. The highest BCUT2D eigenvalue weighted by molar-refractivity contribution is 5.25. The predicted octanol–water partition coefficient (Wildman–Crippen LogP) is 3.38. The molecule has 20 heavy (non-hydrogen) atoms. The molecule has 2 aliphatic rings. The summed E-state index contributed by atoms with van der Waals surface area (Å²) in [5.41, 5.74) is 1.52. The first kappa shape index (κ1) is 14.1. The van der Waals surface area contributed by atoms with Crippen LogP contribution < -0.4 is 5.32 Å². The summed E-state index contributed by atoms with van der Waals surface area (Å²) in [5.74, 6) is 0.725. The molecule has 1 aromatic carbocycles. The van der Waals surface area contributed by atoms with Crippen molar-refractivity contribution >= 4 is 0 Å². The fourth-order valence-electron chi connectivity index (χ4n) is 3.72. The SMILES string of the molecule is CC(C)C1CNC(C)(c2ccccc2)CN1C1CCC1. The van der Waals surface area contributed by atoms with Crippen LogP contribution >= 0.6 is 0 Å². The van der Waals surface area contributed by atoms with Crippen LogP contribution in [0.1, 0.15) is 45.6 Å². The van der Waals surface area contributed by atoms with Crippen LogP contribution in [0.25, 0.3) is 0 Å². The second-order valence-corrected chi connectivity index (χ2v) is 7.15. The zero-order chi connectivity index (χ0) is 14.2. The summed E-state index contributed by atoms with van der Waals surface area (Å²) >= 11 is 0. The van der Waals surface area contributed by atoms with Crippen LogP contribution in [0.3, 0.4) is 0 Å². The lowest BCUT2D eigenvalue weighted by atomic mass is 9.81. The molecule has 2 fully saturated rings. The second kappa shape index (κ2) is 5.50. The summed E-state index contributed by atoms with van der Waals surface area (Å²) in [6, 6.07) is 12.5. The standard InChI is InChI=1S/C18H28N2/c1-14(2)17-12-19-18(3,15-8-5-4-6-9-15)13-20(17)16-10-7-11-16/h4-6,8-9,14,16-17,19H,7,10-13H2,1-3H3. The number of hydrogen-bond donors (Lipinski definition) is 1. The Bertz CT molecular complexity index is 438. The van der Waals surface area contributed by atoms with Crippen molar-refractivity contribution in [1.82, 2.24) is 10.2 Å². The van der Waals surface area contributed by atoms with E-state index in [1.165, 1.54) is 24.8 Å². The molecule has 1 N–H and O–H groups in total. The van der Waals surface area contributed by atoms with E-state index in [9.17, 15) is 0 Å². The van der Waals surface area contributed by atoms with E-state index in [0.717, 1.165) is 25.0 Å². The average Bonchev–Trinajstić information content (AvgIpc) is 2.37. The second-order valence-electron chi connectivity index (χ2n) is 7.15. The Morgan fingerprint density at radius 2 is 1.90 bits per heavy atom. The highest BCUT2D eigenvalue weighted by atomic mass is 15.3. The van der Waals surface area contributed by atoms with Crippen LogP contribution in [0.15, 0.2) is 30.3 Å². The Labute approximate surface area is 123 Å². The van der Waals surface area contributed by atoms with E-state index in [1.54, 1.807) is 0 Å². The van der Waals surface area contributed by atoms with Gasteiger partial charge in [-0.1, -0.05) is 50.6 Å². The van der Waals surface area contributed by atoms with E-state index < -0.39 is 0 Å². The highest BCUT2D eigenvalue weighted by Crippen LogP contribution is 2.35. The summed E-state index contributed by atoms with van der Waals surface area (Å²) in [4.78, 5) is 2.80. The molecule has 1 aliphatic heterocycles. The zero-order valence-electron chi connectivity index (χ0n) is 13.1. The van der Waals surface area contributed by atoms with Crippen molar-refractivity contribution in [2.45, 2.75) is 57.7 Å². The first-order valence-corrected chi connectivity index (χ1v) is 8.16. The Hall–Kier alpha value is -0.860. The van der Waals surface area contributed by atoms with Gasteiger partial charge >= 0.3 is 0 Å². The van der Waals surface area contributed by atoms with Gasteiger partial charge in [0.15, 0.2) is 0 Å². The van der Waals surface area contributed by atoms with Gasteiger partial charge in [0.1, 0.15) is 0 Å². The maximum atomic E-state index is 3.83. The highest BCUT2D eigenvalue weighted by Gasteiger charge is 2.42.